The van der Waals surface area contributed by atoms with E-state index in [1.54, 1.807) is 18.2 Å². The zero-order chi connectivity index (χ0) is 15.0. The van der Waals surface area contributed by atoms with Crippen molar-refractivity contribution in [3.8, 4) is 0 Å². The van der Waals surface area contributed by atoms with Crippen molar-refractivity contribution in [3.63, 3.8) is 0 Å². The van der Waals surface area contributed by atoms with Crippen molar-refractivity contribution in [1.82, 2.24) is 5.32 Å². The van der Waals surface area contributed by atoms with E-state index in [1.807, 2.05) is 13.0 Å². The first-order chi connectivity index (χ1) is 9.29. The predicted molar refractivity (Wildman–Crippen MR) is 67.4 cm³/mol. The number of nitrogens with one attached hydrogen (secondary N) is 1. The Kier molecular flexibility index (Phi) is 3.77. The minimum Gasteiger partial charge on any atom is -0.481 e. The third kappa shape index (κ3) is 2.28. The minimum absolute atomic E-state index is 0.0557. The lowest BCUT2D eigenvalue weighted by atomic mass is 9.74. The van der Waals surface area contributed by atoms with E-state index in [0.29, 0.717) is 0 Å². The van der Waals surface area contributed by atoms with Gasteiger partial charge in [0.1, 0.15) is 0 Å². The summed E-state index contributed by atoms with van der Waals surface area (Å²) in [6.07, 6.45) is -4.67. The average Bonchev–Trinajstić information content (AvgIpc) is 2.76. The van der Waals surface area contributed by atoms with Gasteiger partial charge in [-0.3, -0.25) is 4.79 Å². The van der Waals surface area contributed by atoms with Crippen LogP contribution in [-0.2, 0) is 11.2 Å². The van der Waals surface area contributed by atoms with E-state index in [4.69, 9.17) is 5.11 Å². The highest BCUT2D eigenvalue weighted by Crippen LogP contribution is 2.47. The fraction of sp³-hybridized carbons (Fsp3) is 0.500. The molecular formula is C14H16F3NO2. The fourth-order valence-corrected chi connectivity index (χ4v) is 2.82. The van der Waals surface area contributed by atoms with Crippen molar-refractivity contribution in [3.05, 3.63) is 35.4 Å². The molecule has 6 heteroatoms. The number of alkyl halides is 3. The quantitative estimate of drug-likeness (QED) is 0.897. The van der Waals surface area contributed by atoms with Crippen LogP contribution in [-0.4, -0.2) is 30.3 Å². The molecule has 0 amide bonds. The second kappa shape index (κ2) is 5.09. The van der Waals surface area contributed by atoms with Crippen LogP contribution in [0.2, 0.25) is 0 Å². The standard InChI is InChI=1S/C14H16F3NO2/c1-9-4-2-3-5-10(9)6-11-7-18-8-13(11,12(19)20)14(15,16)17/h2-5,11,18H,6-8H2,1H3,(H,19,20). The fourth-order valence-electron chi connectivity index (χ4n) is 2.82. The second-order valence-corrected chi connectivity index (χ2v) is 5.23. The molecule has 0 aromatic heterocycles. The lowest BCUT2D eigenvalue weighted by Crippen LogP contribution is -2.51. The van der Waals surface area contributed by atoms with Crippen molar-refractivity contribution >= 4 is 5.97 Å². The first-order valence-corrected chi connectivity index (χ1v) is 6.34. The Morgan fingerprint density at radius 1 is 1.45 bits per heavy atom. The molecule has 1 saturated heterocycles. The largest absolute Gasteiger partial charge is 0.481 e. The van der Waals surface area contributed by atoms with Gasteiger partial charge in [-0.1, -0.05) is 24.3 Å². The number of carboxylic acid groups (broad SMARTS) is 1. The Bertz CT molecular complexity index is 515. The summed E-state index contributed by atoms with van der Waals surface area (Å²) in [5, 5.41) is 11.7. The van der Waals surface area contributed by atoms with E-state index >= 15 is 0 Å². The van der Waals surface area contributed by atoms with Gasteiger partial charge >= 0.3 is 12.1 Å². The summed E-state index contributed by atoms with van der Waals surface area (Å²) in [7, 11) is 0. The number of rotatable bonds is 3. The SMILES string of the molecule is Cc1ccccc1CC1CNCC1(C(=O)O)C(F)(F)F. The number of benzene rings is 1. The van der Waals surface area contributed by atoms with E-state index < -0.39 is 30.0 Å². The van der Waals surface area contributed by atoms with Gasteiger partial charge in [0.25, 0.3) is 0 Å². The van der Waals surface area contributed by atoms with Crippen molar-refractivity contribution in [2.45, 2.75) is 19.5 Å². The molecule has 1 aliphatic rings. The number of halogens is 3. The molecule has 2 rings (SSSR count). The molecule has 0 bridgehead atoms. The van der Waals surface area contributed by atoms with Crippen LogP contribution in [0.3, 0.4) is 0 Å². The van der Waals surface area contributed by atoms with Crippen LogP contribution >= 0.6 is 0 Å². The van der Waals surface area contributed by atoms with Crippen molar-refractivity contribution in [1.29, 1.82) is 0 Å². The molecule has 2 N–H and O–H groups in total. The van der Waals surface area contributed by atoms with Crippen LogP contribution in [0.15, 0.2) is 24.3 Å². The second-order valence-electron chi connectivity index (χ2n) is 5.23. The van der Waals surface area contributed by atoms with Crippen LogP contribution in [0, 0.1) is 18.3 Å². The van der Waals surface area contributed by atoms with Gasteiger partial charge in [-0.05, 0) is 31.0 Å². The molecule has 0 saturated carbocycles. The number of hydrogen-bond acceptors (Lipinski definition) is 2. The highest BCUT2D eigenvalue weighted by atomic mass is 19.4. The summed E-state index contributed by atoms with van der Waals surface area (Å²) in [5.41, 5.74) is -1.06. The van der Waals surface area contributed by atoms with Crippen molar-refractivity contribution in [2.75, 3.05) is 13.1 Å². The number of hydrogen-bond donors (Lipinski definition) is 2. The van der Waals surface area contributed by atoms with Crippen LogP contribution < -0.4 is 5.32 Å². The zero-order valence-electron chi connectivity index (χ0n) is 11.0. The van der Waals surface area contributed by atoms with Gasteiger partial charge in [-0.15, -0.1) is 0 Å². The molecule has 1 aliphatic heterocycles. The molecule has 110 valence electrons. The van der Waals surface area contributed by atoms with Crippen LogP contribution in [0.25, 0.3) is 0 Å². The van der Waals surface area contributed by atoms with E-state index in [2.05, 4.69) is 5.32 Å². The molecule has 0 aliphatic carbocycles. The van der Waals surface area contributed by atoms with Crippen molar-refractivity contribution in [2.24, 2.45) is 11.3 Å². The Labute approximate surface area is 114 Å². The summed E-state index contributed by atoms with van der Waals surface area (Å²) in [4.78, 5) is 11.3. The van der Waals surface area contributed by atoms with E-state index in [9.17, 15) is 18.0 Å². The van der Waals surface area contributed by atoms with E-state index in [0.717, 1.165) is 11.1 Å². The number of aryl methyl sites for hydroxylation is 1. The van der Waals surface area contributed by atoms with Gasteiger partial charge in [0.2, 0.25) is 0 Å². The topological polar surface area (TPSA) is 49.3 Å². The van der Waals surface area contributed by atoms with E-state index in [1.165, 1.54) is 0 Å². The van der Waals surface area contributed by atoms with Gasteiger partial charge in [0.05, 0.1) is 0 Å². The molecule has 20 heavy (non-hydrogen) atoms. The summed E-state index contributed by atoms with van der Waals surface area (Å²) in [6.45, 7) is 1.30. The third-order valence-electron chi connectivity index (χ3n) is 4.11. The minimum atomic E-state index is -4.77. The van der Waals surface area contributed by atoms with E-state index in [-0.39, 0.29) is 13.0 Å². The van der Waals surface area contributed by atoms with Gasteiger partial charge in [-0.2, -0.15) is 13.2 Å². The molecule has 0 radical (unpaired) electrons. The molecule has 1 fully saturated rings. The predicted octanol–water partition coefficient (Wildman–Crippen LogP) is 2.39. The maximum Gasteiger partial charge on any atom is 0.406 e. The molecular weight excluding hydrogens is 271 g/mol. The Morgan fingerprint density at radius 3 is 2.65 bits per heavy atom. The lowest BCUT2D eigenvalue weighted by molar-refractivity contribution is -0.236. The van der Waals surface area contributed by atoms with Crippen LogP contribution in [0.4, 0.5) is 13.2 Å². The number of aliphatic carboxylic acids is 1. The van der Waals surface area contributed by atoms with Crippen LogP contribution in [0.5, 0.6) is 0 Å². The molecule has 1 heterocycles. The Morgan fingerprint density at radius 2 is 2.10 bits per heavy atom. The third-order valence-corrected chi connectivity index (χ3v) is 4.11. The Hall–Kier alpha value is -1.56. The summed E-state index contributed by atoms with van der Waals surface area (Å²) in [5.74, 6) is -2.80. The first kappa shape index (κ1) is 14.8. The zero-order valence-corrected chi connectivity index (χ0v) is 11.0. The number of carbonyl (C=O) groups is 1. The summed E-state index contributed by atoms with van der Waals surface area (Å²) >= 11 is 0. The molecule has 0 spiro atoms. The van der Waals surface area contributed by atoms with Gasteiger partial charge < -0.3 is 10.4 Å². The lowest BCUT2D eigenvalue weighted by Gasteiger charge is -2.32. The molecule has 1 aromatic rings. The monoisotopic (exact) mass is 287 g/mol. The molecule has 2 atom stereocenters. The summed E-state index contributed by atoms with van der Waals surface area (Å²) < 4.78 is 39.9. The van der Waals surface area contributed by atoms with Crippen LogP contribution in [0.1, 0.15) is 11.1 Å². The van der Waals surface area contributed by atoms with Crippen molar-refractivity contribution < 1.29 is 23.1 Å². The molecule has 2 unspecified atom stereocenters. The van der Waals surface area contributed by atoms with Gasteiger partial charge in [0.15, 0.2) is 5.41 Å². The smallest absolute Gasteiger partial charge is 0.406 e. The first-order valence-electron chi connectivity index (χ1n) is 6.34. The normalized spacial score (nSPS) is 26.7. The van der Waals surface area contributed by atoms with Gasteiger partial charge in [0, 0.05) is 12.5 Å². The highest BCUT2D eigenvalue weighted by Gasteiger charge is 2.66. The summed E-state index contributed by atoms with van der Waals surface area (Å²) in [6, 6.07) is 7.12. The van der Waals surface area contributed by atoms with Gasteiger partial charge in [-0.25, -0.2) is 0 Å². The Balaban J connectivity index is 2.35. The molecule has 1 aromatic carbocycles. The maximum atomic E-state index is 13.3. The molecule has 3 nitrogen and oxygen atoms in total. The highest BCUT2D eigenvalue weighted by molar-refractivity contribution is 5.77. The number of carboxylic acids is 1. The maximum absolute atomic E-state index is 13.3. The average molecular weight is 287 g/mol.